The number of hydrogen-bond acceptors (Lipinski definition) is 6. The number of anilines is 1. The Kier molecular flexibility index (Phi) is 7.85. The molecule has 1 heterocycles. The van der Waals surface area contributed by atoms with Crippen molar-refractivity contribution in [1.29, 1.82) is 0 Å². The zero-order valence-electron chi connectivity index (χ0n) is 19.4. The van der Waals surface area contributed by atoms with Gasteiger partial charge in [0, 0.05) is 50.6 Å². The van der Waals surface area contributed by atoms with Gasteiger partial charge in [-0.25, -0.2) is 4.39 Å². The summed E-state index contributed by atoms with van der Waals surface area (Å²) < 4.78 is 27.7. The highest BCUT2D eigenvalue weighted by Gasteiger charge is 2.17. The van der Waals surface area contributed by atoms with Crippen LogP contribution in [0.15, 0.2) is 48.7 Å². The van der Waals surface area contributed by atoms with Crippen LogP contribution in [0.3, 0.4) is 0 Å². The van der Waals surface area contributed by atoms with E-state index in [1.54, 1.807) is 38.1 Å². The third kappa shape index (κ3) is 6.10. The molecule has 0 saturated carbocycles. The molecule has 0 aliphatic carbocycles. The maximum absolute atomic E-state index is 14.7. The Morgan fingerprint density at radius 3 is 2.47 bits per heavy atom. The van der Waals surface area contributed by atoms with Crippen molar-refractivity contribution in [3.63, 3.8) is 0 Å². The number of halogens is 1. The van der Waals surface area contributed by atoms with E-state index in [4.69, 9.17) is 9.47 Å². The van der Waals surface area contributed by atoms with Gasteiger partial charge in [0.2, 0.25) is 0 Å². The zero-order valence-corrected chi connectivity index (χ0v) is 19.4. The first kappa shape index (κ1) is 24.7. The van der Waals surface area contributed by atoms with Crippen molar-refractivity contribution in [3.8, 4) is 17.2 Å². The van der Waals surface area contributed by atoms with Gasteiger partial charge < -0.3 is 24.8 Å². The van der Waals surface area contributed by atoms with Gasteiger partial charge in [-0.3, -0.25) is 14.3 Å². The van der Waals surface area contributed by atoms with Gasteiger partial charge in [0.05, 0.1) is 6.61 Å². The molecule has 2 aromatic carbocycles. The summed E-state index contributed by atoms with van der Waals surface area (Å²) in [4.78, 5) is 26.2. The predicted octanol–water partition coefficient (Wildman–Crippen LogP) is 3.46. The van der Waals surface area contributed by atoms with Crippen LogP contribution in [-0.2, 0) is 7.05 Å². The van der Waals surface area contributed by atoms with Crippen molar-refractivity contribution in [3.05, 3.63) is 65.6 Å². The lowest BCUT2D eigenvalue weighted by atomic mass is 10.1. The molecule has 10 heteroatoms. The second kappa shape index (κ2) is 10.8. The molecule has 0 spiro atoms. The first-order chi connectivity index (χ1) is 16.2. The molecule has 3 rings (SSSR count). The predicted molar refractivity (Wildman–Crippen MR) is 124 cm³/mol. The molecule has 0 saturated heterocycles. The molecule has 9 nitrogen and oxygen atoms in total. The van der Waals surface area contributed by atoms with E-state index in [0.29, 0.717) is 12.2 Å². The summed E-state index contributed by atoms with van der Waals surface area (Å²) in [7, 11) is 4.87. The molecule has 1 unspecified atom stereocenters. The van der Waals surface area contributed by atoms with Crippen LogP contribution >= 0.6 is 0 Å². The summed E-state index contributed by atoms with van der Waals surface area (Å²) in [5.41, 5.74) is 0.363. The molecule has 2 N–H and O–H groups in total. The monoisotopic (exact) mass is 470 g/mol. The third-order valence-corrected chi connectivity index (χ3v) is 4.87. The lowest BCUT2D eigenvalue weighted by Gasteiger charge is -2.17. The number of aliphatic hydroxyl groups excluding tert-OH is 1. The number of aliphatic hydroxyl groups is 1. The summed E-state index contributed by atoms with van der Waals surface area (Å²) in [5, 5.41) is 16.3. The van der Waals surface area contributed by atoms with E-state index in [1.807, 2.05) is 6.92 Å². The smallest absolute Gasteiger partial charge is 0.257 e. The molecular formula is C24H27FN4O5. The van der Waals surface area contributed by atoms with Gasteiger partial charge >= 0.3 is 0 Å². The number of benzene rings is 2. The Balaban J connectivity index is 1.91. The Bertz CT molecular complexity index is 1170. The number of amides is 2. The van der Waals surface area contributed by atoms with Crippen LogP contribution < -0.4 is 14.8 Å². The highest BCUT2D eigenvalue weighted by molar-refractivity contribution is 6.04. The van der Waals surface area contributed by atoms with Crippen molar-refractivity contribution < 1.29 is 28.6 Å². The number of carbonyl (C=O) groups excluding carboxylic acids is 2. The van der Waals surface area contributed by atoms with E-state index in [9.17, 15) is 19.1 Å². The number of carbonyl (C=O) groups is 2. The van der Waals surface area contributed by atoms with Gasteiger partial charge in [-0.15, -0.1) is 0 Å². The van der Waals surface area contributed by atoms with Crippen LogP contribution in [0.25, 0.3) is 0 Å². The average molecular weight is 471 g/mol. The minimum absolute atomic E-state index is 0.127. The molecule has 0 bridgehead atoms. The normalized spacial score (nSPS) is 11.6. The van der Waals surface area contributed by atoms with Crippen LogP contribution in [0.5, 0.6) is 17.2 Å². The van der Waals surface area contributed by atoms with Crippen LogP contribution in [0.1, 0.15) is 34.1 Å². The van der Waals surface area contributed by atoms with Crippen LogP contribution in [-0.4, -0.2) is 58.4 Å². The van der Waals surface area contributed by atoms with Crippen LogP contribution in [0, 0.1) is 5.82 Å². The van der Waals surface area contributed by atoms with Crippen molar-refractivity contribution in [2.75, 3.05) is 26.0 Å². The average Bonchev–Trinajstić information content (AvgIpc) is 3.22. The molecule has 0 aliphatic heterocycles. The highest BCUT2D eigenvalue weighted by Crippen LogP contribution is 2.30. The van der Waals surface area contributed by atoms with E-state index in [2.05, 4.69) is 10.4 Å². The molecular weight excluding hydrogens is 443 g/mol. The number of aromatic nitrogens is 2. The molecule has 0 aliphatic rings. The maximum atomic E-state index is 14.7. The van der Waals surface area contributed by atoms with Crippen LogP contribution in [0.2, 0.25) is 0 Å². The maximum Gasteiger partial charge on any atom is 0.257 e. The van der Waals surface area contributed by atoms with E-state index in [0.717, 1.165) is 6.07 Å². The van der Waals surface area contributed by atoms with E-state index < -0.39 is 17.8 Å². The van der Waals surface area contributed by atoms with Gasteiger partial charge in [-0.2, -0.15) is 5.10 Å². The largest absolute Gasteiger partial charge is 0.488 e. The fraction of sp³-hybridized carbons (Fsp3) is 0.292. The molecule has 1 atom stereocenters. The standard InChI is InChI=1S/C24H27FN4O5/c1-5-17(14-30)33-18-10-16(23(31)26-22-8-9-29(4)27-22)11-19(13-18)34-21-7-6-15(12-20(21)25)24(32)28(2)3/h6-13,17,30H,5,14H2,1-4H3,(H,26,27,31). The van der Waals surface area contributed by atoms with Crippen molar-refractivity contribution in [1.82, 2.24) is 14.7 Å². The molecule has 2 amide bonds. The highest BCUT2D eigenvalue weighted by atomic mass is 19.1. The number of ether oxygens (including phenoxy) is 2. The van der Waals surface area contributed by atoms with Gasteiger partial charge in [-0.05, 0) is 36.8 Å². The summed E-state index contributed by atoms with van der Waals surface area (Å²) in [5.74, 6) is -0.915. The number of aryl methyl sites for hydroxylation is 1. The fourth-order valence-corrected chi connectivity index (χ4v) is 3.04. The second-order valence-electron chi connectivity index (χ2n) is 7.80. The molecule has 3 aromatic rings. The minimum Gasteiger partial charge on any atom is -0.488 e. The lowest BCUT2D eigenvalue weighted by Crippen LogP contribution is -2.21. The third-order valence-electron chi connectivity index (χ3n) is 4.87. The first-order valence-electron chi connectivity index (χ1n) is 10.6. The molecule has 34 heavy (non-hydrogen) atoms. The molecule has 0 radical (unpaired) electrons. The topological polar surface area (TPSA) is 106 Å². The number of rotatable bonds is 9. The molecule has 1 aromatic heterocycles. The second-order valence-corrected chi connectivity index (χ2v) is 7.80. The van der Waals surface area contributed by atoms with Gasteiger partial charge in [0.25, 0.3) is 11.8 Å². The van der Waals surface area contributed by atoms with E-state index in [1.165, 1.54) is 35.2 Å². The fourth-order valence-electron chi connectivity index (χ4n) is 3.04. The molecule has 0 fully saturated rings. The van der Waals surface area contributed by atoms with Gasteiger partial charge in [0.15, 0.2) is 17.4 Å². The SMILES string of the molecule is CCC(CO)Oc1cc(Oc2ccc(C(=O)N(C)C)cc2F)cc(C(=O)Nc2ccn(C)n2)c1. The summed E-state index contributed by atoms with van der Waals surface area (Å²) in [6, 6.07) is 9.95. The minimum atomic E-state index is -0.736. The Morgan fingerprint density at radius 2 is 1.88 bits per heavy atom. The van der Waals surface area contributed by atoms with Crippen molar-refractivity contribution >= 4 is 17.6 Å². The number of hydrogen-bond donors (Lipinski definition) is 2. The summed E-state index contributed by atoms with van der Waals surface area (Å²) >= 11 is 0. The Morgan fingerprint density at radius 1 is 1.15 bits per heavy atom. The lowest BCUT2D eigenvalue weighted by molar-refractivity contribution is 0.0826. The van der Waals surface area contributed by atoms with Gasteiger partial charge in [0.1, 0.15) is 17.6 Å². The Hall–Kier alpha value is -3.92. The first-order valence-corrected chi connectivity index (χ1v) is 10.6. The van der Waals surface area contributed by atoms with E-state index >= 15 is 0 Å². The molecule has 180 valence electrons. The van der Waals surface area contributed by atoms with Gasteiger partial charge in [-0.1, -0.05) is 6.92 Å². The van der Waals surface area contributed by atoms with Crippen molar-refractivity contribution in [2.45, 2.75) is 19.4 Å². The number of nitrogens with one attached hydrogen (secondary N) is 1. The summed E-state index contributed by atoms with van der Waals surface area (Å²) in [6.07, 6.45) is 1.73. The van der Waals surface area contributed by atoms with Crippen molar-refractivity contribution in [2.24, 2.45) is 7.05 Å². The number of nitrogens with zero attached hydrogens (tertiary/aromatic N) is 3. The van der Waals surface area contributed by atoms with E-state index in [-0.39, 0.29) is 40.9 Å². The van der Waals surface area contributed by atoms with Crippen LogP contribution in [0.4, 0.5) is 10.2 Å². The Labute approximate surface area is 196 Å². The summed E-state index contributed by atoms with van der Waals surface area (Å²) in [6.45, 7) is 1.63. The quantitative estimate of drug-likeness (QED) is 0.496. The zero-order chi connectivity index (χ0) is 24.8.